The summed E-state index contributed by atoms with van der Waals surface area (Å²) >= 11 is 12.2. The first-order valence-corrected chi connectivity index (χ1v) is 9.72. The predicted octanol–water partition coefficient (Wildman–Crippen LogP) is 6.48. The molecule has 0 atom stereocenters. The minimum atomic E-state index is 0.637. The van der Waals surface area contributed by atoms with Gasteiger partial charge in [0.15, 0.2) is 0 Å². The van der Waals surface area contributed by atoms with Crippen LogP contribution in [0.5, 0.6) is 5.75 Å². The first-order valence-electron chi connectivity index (χ1n) is 8.96. The molecule has 0 N–H and O–H groups in total. The molecule has 1 heterocycles. The molecule has 0 fully saturated rings. The maximum absolute atomic E-state index is 6.25. The van der Waals surface area contributed by atoms with E-state index in [0.717, 1.165) is 48.6 Å². The van der Waals surface area contributed by atoms with Crippen LogP contribution in [0.4, 0.5) is 0 Å². The van der Waals surface area contributed by atoms with Crippen LogP contribution in [0.25, 0.3) is 6.08 Å². The lowest BCUT2D eigenvalue weighted by Gasteiger charge is -2.17. The highest BCUT2D eigenvalue weighted by Crippen LogP contribution is 2.25. The molecule has 26 heavy (non-hydrogen) atoms. The van der Waals surface area contributed by atoms with E-state index in [1.807, 2.05) is 30.4 Å². The molecule has 2 aromatic rings. The molecule has 0 bridgehead atoms. The molecule has 0 amide bonds. The van der Waals surface area contributed by atoms with Crippen LogP contribution in [0.1, 0.15) is 37.0 Å². The zero-order valence-electron chi connectivity index (χ0n) is 15.1. The molecule has 1 aliphatic rings. The van der Waals surface area contributed by atoms with E-state index in [4.69, 9.17) is 27.9 Å². The number of hydrogen-bond acceptors (Lipinski definition) is 2. The highest BCUT2D eigenvalue weighted by Gasteiger charge is 2.13. The normalized spacial score (nSPS) is 13.8. The van der Waals surface area contributed by atoms with E-state index in [9.17, 15) is 0 Å². The van der Waals surface area contributed by atoms with Gasteiger partial charge < -0.3 is 4.74 Å². The Hall–Kier alpha value is -1.77. The summed E-state index contributed by atoms with van der Waals surface area (Å²) < 4.78 is 5.89. The molecule has 0 aromatic heterocycles. The molecule has 136 valence electrons. The summed E-state index contributed by atoms with van der Waals surface area (Å²) in [6.45, 7) is 5.96. The number of hydrogen-bond donors (Lipinski definition) is 0. The lowest BCUT2D eigenvalue weighted by Crippen LogP contribution is -2.11. The molecule has 0 saturated carbocycles. The maximum Gasteiger partial charge on any atom is 0.119 e. The van der Waals surface area contributed by atoms with E-state index in [-0.39, 0.29) is 0 Å². The lowest BCUT2D eigenvalue weighted by atomic mass is 9.96. The Morgan fingerprint density at radius 2 is 1.96 bits per heavy atom. The van der Waals surface area contributed by atoms with Gasteiger partial charge >= 0.3 is 0 Å². The quantitative estimate of drug-likeness (QED) is 0.555. The van der Waals surface area contributed by atoms with Crippen LogP contribution in [0.15, 0.2) is 47.5 Å². The van der Waals surface area contributed by atoms with Crippen molar-refractivity contribution in [3.8, 4) is 5.75 Å². The van der Waals surface area contributed by atoms with Gasteiger partial charge in [-0.05, 0) is 66.3 Å². The Labute approximate surface area is 165 Å². The number of allylic oxidation sites excluding steroid dienone is 1. The van der Waals surface area contributed by atoms with Gasteiger partial charge in [-0.15, -0.1) is 0 Å². The SMILES string of the molecule is CC(C)CCOc1ccc2c(c1)CCN=C2C=Cc1ccc(Cl)cc1Cl. The van der Waals surface area contributed by atoms with Crippen molar-refractivity contribution in [2.24, 2.45) is 10.9 Å². The van der Waals surface area contributed by atoms with Gasteiger partial charge in [-0.2, -0.15) is 0 Å². The van der Waals surface area contributed by atoms with E-state index < -0.39 is 0 Å². The third kappa shape index (κ3) is 4.90. The maximum atomic E-state index is 6.25. The Morgan fingerprint density at radius 1 is 1.12 bits per heavy atom. The molecular weight excluding hydrogens is 365 g/mol. The van der Waals surface area contributed by atoms with Gasteiger partial charge in [-0.3, -0.25) is 4.99 Å². The van der Waals surface area contributed by atoms with Gasteiger partial charge in [-0.1, -0.05) is 49.2 Å². The third-order valence-corrected chi connectivity index (χ3v) is 4.93. The Bertz CT molecular complexity index is 840. The number of aliphatic imine (C=N–C) groups is 1. The van der Waals surface area contributed by atoms with Crippen molar-refractivity contribution >= 4 is 35.0 Å². The zero-order chi connectivity index (χ0) is 18.5. The molecule has 0 radical (unpaired) electrons. The Morgan fingerprint density at radius 3 is 2.73 bits per heavy atom. The van der Waals surface area contributed by atoms with Crippen molar-refractivity contribution in [1.82, 2.24) is 0 Å². The lowest BCUT2D eigenvalue weighted by molar-refractivity contribution is 0.289. The second-order valence-corrected chi connectivity index (χ2v) is 7.71. The van der Waals surface area contributed by atoms with E-state index in [2.05, 4.69) is 31.0 Å². The molecule has 4 heteroatoms. The van der Waals surface area contributed by atoms with Gasteiger partial charge in [0.05, 0.1) is 12.3 Å². The summed E-state index contributed by atoms with van der Waals surface area (Å²) in [5.41, 5.74) is 4.35. The van der Waals surface area contributed by atoms with Crippen LogP contribution in [0.2, 0.25) is 10.0 Å². The van der Waals surface area contributed by atoms with E-state index in [1.165, 1.54) is 5.56 Å². The molecule has 1 aliphatic heterocycles. The van der Waals surface area contributed by atoms with Crippen molar-refractivity contribution in [1.29, 1.82) is 0 Å². The fourth-order valence-electron chi connectivity index (χ4n) is 2.86. The summed E-state index contributed by atoms with van der Waals surface area (Å²) in [6.07, 6.45) is 6.01. The number of fused-ring (bicyclic) bond motifs is 1. The van der Waals surface area contributed by atoms with Crippen molar-refractivity contribution in [2.45, 2.75) is 26.7 Å². The summed E-state index contributed by atoms with van der Waals surface area (Å²) in [7, 11) is 0. The molecule has 3 rings (SSSR count). The highest BCUT2D eigenvalue weighted by molar-refractivity contribution is 6.35. The Kier molecular flexibility index (Phi) is 6.39. The van der Waals surface area contributed by atoms with Crippen molar-refractivity contribution in [3.05, 3.63) is 69.2 Å². The van der Waals surface area contributed by atoms with Gasteiger partial charge in [0.1, 0.15) is 5.75 Å². The third-order valence-electron chi connectivity index (χ3n) is 4.36. The molecule has 0 aliphatic carbocycles. The zero-order valence-corrected chi connectivity index (χ0v) is 16.6. The first kappa shape index (κ1) is 19.0. The molecule has 0 saturated heterocycles. The average Bonchev–Trinajstić information content (AvgIpc) is 2.60. The van der Waals surface area contributed by atoms with Crippen LogP contribution in [-0.4, -0.2) is 18.9 Å². The van der Waals surface area contributed by atoms with Crippen molar-refractivity contribution in [2.75, 3.05) is 13.2 Å². The first-order chi connectivity index (χ1) is 12.5. The molecule has 0 spiro atoms. The second kappa shape index (κ2) is 8.75. The van der Waals surface area contributed by atoms with Crippen LogP contribution >= 0.6 is 23.2 Å². The van der Waals surface area contributed by atoms with Crippen molar-refractivity contribution in [3.63, 3.8) is 0 Å². The summed E-state index contributed by atoms with van der Waals surface area (Å²) in [4.78, 5) is 4.67. The van der Waals surface area contributed by atoms with Crippen LogP contribution in [0, 0.1) is 5.92 Å². The largest absolute Gasteiger partial charge is 0.494 e. The smallest absolute Gasteiger partial charge is 0.119 e. The second-order valence-electron chi connectivity index (χ2n) is 6.87. The predicted molar refractivity (Wildman–Crippen MR) is 112 cm³/mol. The average molecular weight is 388 g/mol. The van der Waals surface area contributed by atoms with E-state index >= 15 is 0 Å². The van der Waals surface area contributed by atoms with Crippen LogP contribution in [0.3, 0.4) is 0 Å². The minimum Gasteiger partial charge on any atom is -0.494 e. The standard InChI is InChI=1S/C22H23Cl2NO/c1-15(2)10-12-26-19-6-7-20-17(13-19)9-11-25-22(20)8-4-16-3-5-18(23)14-21(16)24/h3-8,13-15H,9-12H2,1-2H3. The number of nitrogens with zero attached hydrogens (tertiary/aromatic N) is 1. The van der Waals surface area contributed by atoms with E-state index in [1.54, 1.807) is 6.07 Å². The molecular formula is C22H23Cl2NO. The number of rotatable bonds is 6. The summed E-state index contributed by atoms with van der Waals surface area (Å²) in [5, 5.41) is 1.27. The molecule has 2 aromatic carbocycles. The molecule has 2 nitrogen and oxygen atoms in total. The van der Waals surface area contributed by atoms with Gasteiger partial charge in [-0.25, -0.2) is 0 Å². The number of ether oxygens (including phenoxy) is 1. The number of benzene rings is 2. The summed E-state index contributed by atoms with van der Waals surface area (Å²) in [6, 6.07) is 11.8. The fraction of sp³-hybridized carbons (Fsp3) is 0.318. The van der Waals surface area contributed by atoms with Crippen molar-refractivity contribution < 1.29 is 4.74 Å². The van der Waals surface area contributed by atoms with Crippen LogP contribution < -0.4 is 4.74 Å². The van der Waals surface area contributed by atoms with Gasteiger partial charge in [0.2, 0.25) is 0 Å². The molecule has 0 unspecified atom stereocenters. The van der Waals surface area contributed by atoms with Gasteiger partial charge in [0.25, 0.3) is 0 Å². The van der Waals surface area contributed by atoms with E-state index in [0.29, 0.717) is 16.0 Å². The topological polar surface area (TPSA) is 21.6 Å². The Balaban J connectivity index is 1.75. The minimum absolute atomic E-state index is 0.637. The number of halogens is 2. The summed E-state index contributed by atoms with van der Waals surface area (Å²) in [5.74, 6) is 1.59. The fourth-order valence-corrected chi connectivity index (χ4v) is 3.33. The van der Waals surface area contributed by atoms with Gasteiger partial charge in [0, 0.05) is 22.2 Å². The van der Waals surface area contributed by atoms with Crippen LogP contribution in [-0.2, 0) is 6.42 Å². The monoisotopic (exact) mass is 387 g/mol. The highest BCUT2D eigenvalue weighted by atomic mass is 35.5.